The fraction of sp³-hybridized carbons (Fsp3) is 0. The number of halogens is 3. The minimum atomic E-state index is -0.616. The molecule has 0 spiro atoms. The van der Waals surface area contributed by atoms with E-state index in [0.717, 1.165) is 10.6 Å². The molecule has 9 heteroatoms. The van der Waals surface area contributed by atoms with Crippen LogP contribution in [0.2, 0.25) is 10.0 Å². The van der Waals surface area contributed by atoms with Gasteiger partial charge in [-0.05, 0) is 54.7 Å². The molecule has 2 aromatic carbocycles. The average Bonchev–Trinajstić information content (AvgIpc) is 2.59. The number of aromatic nitrogens is 2. The van der Waals surface area contributed by atoms with Gasteiger partial charge in [-0.3, -0.25) is 19.3 Å². The van der Waals surface area contributed by atoms with Gasteiger partial charge in [0, 0.05) is 11.2 Å². The van der Waals surface area contributed by atoms with Crippen molar-refractivity contribution in [3.63, 3.8) is 0 Å². The third kappa shape index (κ3) is 3.70. The van der Waals surface area contributed by atoms with Crippen molar-refractivity contribution < 1.29 is 9.50 Å². The van der Waals surface area contributed by atoms with Gasteiger partial charge in [0.25, 0.3) is 5.56 Å². The molecule has 0 aliphatic rings. The van der Waals surface area contributed by atoms with Gasteiger partial charge in [0.15, 0.2) is 4.77 Å². The maximum absolute atomic E-state index is 13.4. The summed E-state index contributed by atoms with van der Waals surface area (Å²) in [5.74, 6) is -1.06. The summed E-state index contributed by atoms with van der Waals surface area (Å²) in [6.07, 6.45) is 1.20. The lowest BCUT2D eigenvalue weighted by atomic mass is 10.2. The van der Waals surface area contributed by atoms with E-state index in [4.69, 9.17) is 35.4 Å². The molecule has 0 saturated carbocycles. The Bertz CT molecular complexity index is 1120. The van der Waals surface area contributed by atoms with E-state index < -0.39 is 17.3 Å². The van der Waals surface area contributed by atoms with Gasteiger partial charge >= 0.3 is 0 Å². The van der Waals surface area contributed by atoms with E-state index in [9.17, 15) is 14.3 Å². The molecule has 3 rings (SSSR count). The number of nitrogens with one attached hydrogen (secondary N) is 1. The number of aliphatic imine (C=N–C) groups is 1. The van der Waals surface area contributed by atoms with Crippen molar-refractivity contribution in [2.45, 2.75) is 0 Å². The van der Waals surface area contributed by atoms with Crippen LogP contribution in [-0.4, -0.2) is 20.9 Å². The quantitative estimate of drug-likeness (QED) is 0.482. The molecule has 132 valence electrons. The molecule has 0 atom stereocenters. The number of H-pyrrole nitrogens is 1. The summed E-state index contributed by atoms with van der Waals surface area (Å²) in [6, 6.07) is 10.4. The summed E-state index contributed by atoms with van der Waals surface area (Å²) in [6.45, 7) is 0. The van der Waals surface area contributed by atoms with Crippen molar-refractivity contribution in [2.75, 3.05) is 0 Å². The summed E-state index contributed by atoms with van der Waals surface area (Å²) < 4.78 is 14.5. The van der Waals surface area contributed by atoms with Crippen LogP contribution >= 0.6 is 35.4 Å². The van der Waals surface area contributed by atoms with E-state index in [1.165, 1.54) is 18.3 Å². The van der Waals surface area contributed by atoms with Crippen LogP contribution in [0, 0.1) is 10.6 Å². The van der Waals surface area contributed by atoms with E-state index in [2.05, 4.69) is 9.98 Å². The fourth-order valence-electron chi connectivity index (χ4n) is 2.18. The summed E-state index contributed by atoms with van der Waals surface area (Å²) in [5, 5.41) is 10.9. The lowest BCUT2D eigenvalue weighted by Crippen LogP contribution is -2.18. The van der Waals surface area contributed by atoms with Gasteiger partial charge in [-0.25, -0.2) is 4.39 Å². The first kappa shape index (κ1) is 18.3. The minimum absolute atomic E-state index is 0.0705. The van der Waals surface area contributed by atoms with Gasteiger partial charge in [-0.2, -0.15) is 0 Å². The molecular formula is C17H10Cl2FN3O2S. The maximum Gasteiger partial charge on any atom is 0.264 e. The second-order valence-electron chi connectivity index (χ2n) is 5.16. The SMILES string of the molecule is O=c1[nH]c(=S)n(-c2ccc(F)c(Cl)c2)c(O)c1C=Nc1ccc(Cl)cc1. The van der Waals surface area contributed by atoms with E-state index in [1.54, 1.807) is 24.3 Å². The van der Waals surface area contributed by atoms with Crippen molar-refractivity contribution in [3.05, 3.63) is 79.0 Å². The zero-order valence-corrected chi connectivity index (χ0v) is 15.2. The molecule has 1 aromatic heterocycles. The van der Waals surface area contributed by atoms with Crippen LogP contribution in [0.5, 0.6) is 5.88 Å². The van der Waals surface area contributed by atoms with Crippen molar-refractivity contribution >= 4 is 47.3 Å². The van der Waals surface area contributed by atoms with Gasteiger partial charge in [0.1, 0.15) is 11.4 Å². The molecule has 0 aliphatic heterocycles. The molecule has 0 saturated heterocycles. The largest absolute Gasteiger partial charge is 0.494 e. The predicted molar refractivity (Wildman–Crippen MR) is 103 cm³/mol. The van der Waals surface area contributed by atoms with Gasteiger partial charge in [0.2, 0.25) is 5.88 Å². The Morgan fingerprint density at radius 3 is 2.54 bits per heavy atom. The average molecular weight is 410 g/mol. The Balaban J connectivity index is 2.12. The lowest BCUT2D eigenvalue weighted by molar-refractivity contribution is 0.432. The molecule has 26 heavy (non-hydrogen) atoms. The molecule has 0 aliphatic carbocycles. The highest BCUT2D eigenvalue weighted by Gasteiger charge is 2.13. The van der Waals surface area contributed by atoms with E-state index in [0.29, 0.717) is 10.7 Å². The van der Waals surface area contributed by atoms with E-state index in [1.807, 2.05) is 0 Å². The van der Waals surface area contributed by atoms with Crippen LogP contribution in [0.1, 0.15) is 5.56 Å². The molecule has 1 heterocycles. The van der Waals surface area contributed by atoms with Crippen LogP contribution < -0.4 is 5.56 Å². The minimum Gasteiger partial charge on any atom is -0.494 e. The van der Waals surface area contributed by atoms with Gasteiger partial charge in [-0.1, -0.05) is 23.2 Å². The highest BCUT2D eigenvalue weighted by Crippen LogP contribution is 2.24. The number of aromatic amines is 1. The number of hydrogen-bond acceptors (Lipinski definition) is 4. The van der Waals surface area contributed by atoms with Crippen LogP contribution in [-0.2, 0) is 0 Å². The number of aromatic hydroxyl groups is 1. The van der Waals surface area contributed by atoms with Crippen LogP contribution in [0.3, 0.4) is 0 Å². The van der Waals surface area contributed by atoms with Crippen molar-refractivity contribution in [1.29, 1.82) is 0 Å². The molecule has 0 bridgehead atoms. The first-order valence-corrected chi connectivity index (χ1v) is 8.36. The molecule has 2 N–H and O–H groups in total. The summed E-state index contributed by atoms with van der Waals surface area (Å²) in [7, 11) is 0. The molecule has 0 unspecified atom stereocenters. The van der Waals surface area contributed by atoms with E-state index >= 15 is 0 Å². The molecule has 0 radical (unpaired) electrons. The van der Waals surface area contributed by atoms with Crippen LogP contribution in [0.25, 0.3) is 5.69 Å². The molecular weight excluding hydrogens is 400 g/mol. The standard InChI is InChI=1S/C17H10Cl2FN3O2S/c18-9-1-3-10(4-2-9)21-8-12-15(24)22-17(26)23(16(12)25)11-5-6-14(20)13(19)7-11/h1-8,25H,(H,22,24,26). The molecule has 0 amide bonds. The first-order valence-electron chi connectivity index (χ1n) is 7.20. The topological polar surface area (TPSA) is 70.4 Å². The second kappa shape index (κ2) is 7.41. The zero-order chi connectivity index (χ0) is 18.8. The number of rotatable bonds is 3. The Hall–Kier alpha value is -2.48. The van der Waals surface area contributed by atoms with E-state index in [-0.39, 0.29) is 21.0 Å². The molecule has 3 aromatic rings. The van der Waals surface area contributed by atoms with Gasteiger partial charge in [-0.15, -0.1) is 0 Å². The molecule has 0 fully saturated rings. The highest BCUT2D eigenvalue weighted by atomic mass is 35.5. The zero-order valence-electron chi connectivity index (χ0n) is 12.9. The van der Waals surface area contributed by atoms with Crippen molar-refractivity contribution in [3.8, 4) is 11.6 Å². The van der Waals surface area contributed by atoms with Crippen LogP contribution in [0.15, 0.2) is 52.3 Å². The maximum atomic E-state index is 13.4. The number of hydrogen-bond donors (Lipinski definition) is 2. The lowest BCUT2D eigenvalue weighted by Gasteiger charge is -2.11. The normalized spacial score (nSPS) is 11.2. The molecule has 5 nitrogen and oxygen atoms in total. The Labute approximate surface area is 162 Å². The second-order valence-corrected chi connectivity index (χ2v) is 6.40. The van der Waals surface area contributed by atoms with Crippen LogP contribution in [0.4, 0.5) is 10.1 Å². The summed E-state index contributed by atoms with van der Waals surface area (Å²) in [4.78, 5) is 18.7. The predicted octanol–water partition coefficient (Wildman–Crippen LogP) is 4.80. The summed E-state index contributed by atoms with van der Waals surface area (Å²) in [5.41, 5.74) is 0.0898. The fourth-order valence-corrected chi connectivity index (χ4v) is 2.77. The first-order chi connectivity index (χ1) is 12.4. The third-order valence-electron chi connectivity index (χ3n) is 3.45. The number of benzene rings is 2. The Kier molecular flexibility index (Phi) is 5.22. The Morgan fingerprint density at radius 2 is 1.88 bits per heavy atom. The van der Waals surface area contributed by atoms with Crippen molar-refractivity contribution in [2.24, 2.45) is 4.99 Å². The van der Waals surface area contributed by atoms with Gasteiger partial charge in [0.05, 0.1) is 16.4 Å². The third-order valence-corrected chi connectivity index (χ3v) is 4.28. The van der Waals surface area contributed by atoms with Crippen molar-refractivity contribution in [1.82, 2.24) is 9.55 Å². The highest BCUT2D eigenvalue weighted by molar-refractivity contribution is 7.71. The summed E-state index contributed by atoms with van der Waals surface area (Å²) >= 11 is 16.7. The number of nitrogens with zero attached hydrogens (tertiary/aromatic N) is 2. The Morgan fingerprint density at radius 1 is 1.19 bits per heavy atom. The monoisotopic (exact) mass is 409 g/mol. The van der Waals surface area contributed by atoms with Gasteiger partial charge < -0.3 is 5.11 Å². The smallest absolute Gasteiger partial charge is 0.264 e.